The average Bonchev–Trinajstić information content (AvgIpc) is 2.22. The van der Waals surface area contributed by atoms with Crippen molar-refractivity contribution in [1.82, 2.24) is 0 Å². The van der Waals surface area contributed by atoms with Crippen LogP contribution in [-0.4, -0.2) is 0 Å². The largest absolute Gasteiger partial charge is 0.0654 e. The molecular weight excluding hydrogens is 84.1 g/mol. The molecule has 0 saturated heterocycles. The summed E-state index contributed by atoms with van der Waals surface area (Å²) >= 11 is 0. The van der Waals surface area contributed by atoms with Crippen LogP contribution in [0.1, 0.15) is 32.6 Å². The Labute approximate surface area is 45.9 Å². The van der Waals surface area contributed by atoms with E-state index in [0.717, 1.165) is 0 Å². The molecule has 0 N–H and O–H groups in total. The summed E-state index contributed by atoms with van der Waals surface area (Å²) in [6.07, 6.45) is 5.40. The van der Waals surface area contributed by atoms with Gasteiger partial charge in [0.05, 0.1) is 0 Å². The van der Waals surface area contributed by atoms with Gasteiger partial charge in [0.1, 0.15) is 0 Å². The van der Waals surface area contributed by atoms with Crippen molar-refractivity contribution in [1.29, 1.82) is 0 Å². The second-order valence-electron chi connectivity index (χ2n) is 2.75. The summed E-state index contributed by atoms with van der Waals surface area (Å²) in [7, 11) is 0. The lowest BCUT2D eigenvalue weighted by atomic mass is 10.0. The van der Waals surface area contributed by atoms with Crippen LogP contribution in [0.15, 0.2) is 0 Å². The topological polar surface area (TPSA) is 0 Å². The van der Waals surface area contributed by atoms with E-state index in [1.807, 2.05) is 0 Å². The van der Waals surface area contributed by atoms with Gasteiger partial charge in [0.15, 0.2) is 0 Å². The van der Waals surface area contributed by atoms with Gasteiger partial charge in [-0.05, 0) is 31.6 Å². The van der Waals surface area contributed by atoms with Crippen LogP contribution in [0.25, 0.3) is 0 Å². The van der Waals surface area contributed by atoms with Gasteiger partial charge < -0.3 is 0 Å². The minimum absolute atomic E-state index is 0.550. The van der Waals surface area contributed by atoms with Gasteiger partial charge in [0.2, 0.25) is 0 Å². The van der Waals surface area contributed by atoms with Gasteiger partial charge in [-0.2, -0.15) is 0 Å². The molecule has 0 heteroatoms. The van der Waals surface area contributed by atoms with Gasteiger partial charge in [-0.25, -0.2) is 0 Å². The molecule has 1 radical (unpaired) electrons. The Morgan fingerprint density at radius 1 is 1.57 bits per heavy atom. The molecule has 0 aromatic heterocycles. The minimum atomic E-state index is 0.550. The minimum Gasteiger partial charge on any atom is -0.0654 e. The van der Waals surface area contributed by atoms with E-state index in [9.17, 15) is 0 Å². The Bertz CT molecular complexity index is 60.4. The Morgan fingerprint density at radius 3 is 2.29 bits per heavy atom. The maximum absolute atomic E-state index is 4.07. The zero-order valence-corrected chi connectivity index (χ0v) is 5.04. The third-order valence-electron chi connectivity index (χ3n) is 1.74. The number of hydrogen-bond donors (Lipinski definition) is 0. The van der Waals surface area contributed by atoms with E-state index in [4.69, 9.17) is 0 Å². The lowest BCUT2D eigenvalue weighted by Crippen LogP contribution is -1.89. The Balaban J connectivity index is 2.13. The van der Waals surface area contributed by atoms with E-state index >= 15 is 0 Å². The molecule has 1 aliphatic rings. The summed E-state index contributed by atoms with van der Waals surface area (Å²) < 4.78 is 0. The normalized spacial score (nSPS) is 24.9. The van der Waals surface area contributed by atoms with Gasteiger partial charge in [0, 0.05) is 0 Å². The molecule has 1 saturated carbocycles. The SMILES string of the molecule is [CH2]C1(CCC)CC1. The van der Waals surface area contributed by atoms with Crippen LogP contribution in [0.4, 0.5) is 0 Å². The fourth-order valence-corrected chi connectivity index (χ4v) is 0.957. The van der Waals surface area contributed by atoms with Crippen molar-refractivity contribution < 1.29 is 0 Å². The Kier molecular flexibility index (Phi) is 1.10. The quantitative estimate of drug-likeness (QED) is 0.496. The molecule has 0 aromatic carbocycles. The fourth-order valence-electron chi connectivity index (χ4n) is 0.957. The highest BCUT2D eigenvalue weighted by Crippen LogP contribution is 2.48. The molecule has 0 bridgehead atoms. The van der Waals surface area contributed by atoms with Crippen molar-refractivity contribution in [3.63, 3.8) is 0 Å². The van der Waals surface area contributed by atoms with Crippen molar-refractivity contribution in [3.05, 3.63) is 6.92 Å². The van der Waals surface area contributed by atoms with Gasteiger partial charge in [-0.1, -0.05) is 13.3 Å². The molecule has 1 rings (SSSR count). The van der Waals surface area contributed by atoms with E-state index < -0.39 is 0 Å². The van der Waals surface area contributed by atoms with E-state index in [-0.39, 0.29) is 0 Å². The first-order valence-electron chi connectivity index (χ1n) is 3.12. The third kappa shape index (κ3) is 1.19. The predicted octanol–water partition coefficient (Wildman–Crippen LogP) is 2.40. The second-order valence-corrected chi connectivity index (χ2v) is 2.75. The first kappa shape index (κ1) is 5.14. The second kappa shape index (κ2) is 1.50. The van der Waals surface area contributed by atoms with Crippen LogP contribution in [0.5, 0.6) is 0 Å². The van der Waals surface area contributed by atoms with Crippen LogP contribution in [0.3, 0.4) is 0 Å². The lowest BCUT2D eigenvalue weighted by molar-refractivity contribution is 0.568. The smallest absolute Gasteiger partial charge is 0.0297 e. The van der Waals surface area contributed by atoms with Crippen molar-refractivity contribution >= 4 is 0 Å². The molecule has 0 unspecified atom stereocenters. The monoisotopic (exact) mass is 97.1 g/mol. The molecule has 1 fully saturated rings. The molecule has 0 aliphatic heterocycles. The van der Waals surface area contributed by atoms with Gasteiger partial charge in [-0.3, -0.25) is 0 Å². The molecule has 0 atom stereocenters. The first-order valence-corrected chi connectivity index (χ1v) is 3.12. The van der Waals surface area contributed by atoms with Crippen molar-refractivity contribution in [2.45, 2.75) is 32.6 Å². The Hall–Kier alpha value is 0. The van der Waals surface area contributed by atoms with Crippen LogP contribution < -0.4 is 0 Å². The lowest BCUT2D eigenvalue weighted by Gasteiger charge is -2.01. The molecular formula is C7H13. The summed E-state index contributed by atoms with van der Waals surface area (Å²) in [5, 5.41) is 0. The molecule has 7 heavy (non-hydrogen) atoms. The molecule has 41 valence electrons. The highest BCUT2D eigenvalue weighted by molar-refractivity contribution is 4.94. The highest BCUT2D eigenvalue weighted by Gasteiger charge is 2.35. The van der Waals surface area contributed by atoms with Crippen LogP contribution in [0, 0.1) is 12.3 Å². The van der Waals surface area contributed by atoms with Crippen molar-refractivity contribution in [3.8, 4) is 0 Å². The number of hydrogen-bond acceptors (Lipinski definition) is 0. The standard InChI is InChI=1S/C7H13/c1-3-4-7(2)5-6-7/h2-6H2,1H3. The fraction of sp³-hybridized carbons (Fsp3) is 0.857. The zero-order valence-electron chi connectivity index (χ0n) is 5.04. The molecule has 0 nitrogen and oxygen atoms in total. The van der Waals surface area contributed by atoms with Gasteiger partial charge >= 0.3 is 0 Å². The third-order valence-corrected chi connectivity index (χ3v) is 1.74. The van der Waals surface area contributed by atoms with E-state index in [0.29, 0.717) is 5.41 Å². The molecule has 0 heterocycles. The van der Waals surface area contributed by atoms with Gasteiger partial charge in [0.25, 0.3) is 0 Å². The van der Waals surface area contributed by atoms with Crippen LogP contribution >= 0.6 is 0 Å². The molecule has 0 amide bonds. The summed E-state index contributed by atoms with van der Waals surface area (Å²) in [4.78, 5) is 0. The summed E-state index contributed by atoms with van der Waals surface area (Å²) in [6, 6.07) is 0. The summed E-state index contributed by atoms with van der Waals surface area (Å²) in [5.74, 6) is 0. The number of rotatable bonds is 2. The van der Waals surface area contributed by atoms with E-state index in [2.05, 4.69) is 13.8 Å². The zero-order chi connectivity index (χ0) is 5.33. The van der Waals surface area contributed by atoms with E-state index in [1.54, 1.807) is 0 Å². The predicted molar refractivity (Wildman–Crippen MR) is 31.9 cm³/mol. The maximum Gasteiger partial charge on any atom is -0.0297 e. The molecule has 0 spiro atoms. The highest BCUT2D eigenvalue weighted by atomic mass is 14.4. The van der Waals surface area contributed by atoms with E-state index in [1.165, 1.54) is 25.7 Å². The van der Waals surface area contributed by atoms with Crippen LogP contribution in [0.2, 0.25) is 0 Å². The van der Waals surface area contributed by atoms with Crippen LogP contribution in [-0.2, 0) is 0 Å². The summed E-state index contributed by atoms with van der Waals surface area (Å²) in [6.45, 7) is 6.30. The Morgan fingerprint density at radius 2 is 2.14 bits per heavy atom. The first-order chi connectivity index (χ1) is 3.27. The summed E-state index contributed by atoms with van der Waals surface area (Å²) in [5.41, 5.74) is 0.550. The van der Waals surface area contributed by atoms with Gasteiger partial charge in [-0.15, -0.1) is 0 Å². The van der Waals surface area contributed by atoms with Crippen molar-refractivity contribution in [2.75, 3.05) is 0 Å². The molecule has 1 aliphatic carbocycles. The maximum atomic E-state index is 4.07. The van der Waals surface area contributed by atoms with Crippen molar-refractivity contribution in [2.24, 2.45) is 5.41 Å². The average molecular weight is 97.2 g/mol. The molecule has 0 aromatic rings.